The van der Waals surface area contributed by atoms with Gasteiger partial charge in [-0.3, -0.25) is 0 Å². The molecule has 0 aromatic heterocycles. The highest BCUT2D eigenvalue weighted by atomic mass is 15.1. The predicted octanol–water partition coefficient (Wildman–Crippen LogP) is 6.56. The van der Waals surface area contributed by atoms with E-state index in [1.807, 2.05) is 0 Å². The maximum absolute atomic E-state index is 2.75. The first kappa shape index (κ1) is 19.0. The average Bonchev–Trinajstić information content (AvgIpc) is 2.63. The van der Waals surface area contributed by atoms with Crippen molar-refractivity contribution < 1.29 is 0 Å². The zero-order valence-corrected chi connectivity index (χ0v) is 14.9. The molecular formula is C20H41N. The highest BCUT2D eigenvalue weighted by Gasteiger charge is 2.06. The maximum atomic E-state index is 2.75. The first-order valence-corrected chi connectivity index (χ1v) is 10.2. The van der Waals surface area contributed by atoms with E-state index >= 15 is 0 Å². The molecule has 1 aliphatic rings. The molecule has 0 aromatic rings. The first-order valence-electron chi connectivity index (χ1n) is 10.2. The van der Waals surface area contributed by atoms with E-state index in [1.165, 1.54) is 122 Å². The molecule has 126 valence electrons. The number of rotatable bonds is 11. The lowest BCUT2D eigenvalue weighted by Crippen LogP contribution is -2.26. The van der Waals surface area contributed by atoms with Crippen LogP contribution in [0.1, 0.15) is 110 Å². The van der Waals surface area contributed by atoms with E-state index in [1.54, 1.807) is 0 Å². The Bertz CT molecular complexity index is 192. The second-order valence-corrected chi connectivity index (χ2v) is 7.14. The van der Waals surface area contributed by atoms with Crippen LogP contribution in [0.5, 0.6) is 0 Å². The summed E-state index contributed by atoms with van der Waals surface area (Å²) in [6, 6.07) is 0. The number of hydrogen-bond donors (Lipinski definition) is 0. The molecule has 0 saturated carbocycles. The van der Waals surface area contributed by atoms with Crippen molar-refractivity contribution in [2.75, 3.05) is 19.6 Å². The smallest absolute Gasteiger partial charge is 0.00187 e. The minimum atomic E-state index is 1.37. The van der Waals surface area contributed by atoms with E-state index in [-0.39, 0.29) is 0 Å². The SMILES string of the molecule is CCCCCCCCCCCCN1CCCCCCCC1. The van der Waals surface area contributed by atoms with Crippen LogP contribution in [0.15, 0.2) is 0 Å². The van der Waals surface area contributed by atoms with Crippen molar-refractivity contribution in [2.45, 2.75) is 110 Å². The highest BCUT2D eigenvalue weighted by molar-refractivity contribution is 4.62. The lowest BCUT2D eigenvalue weighted by Gasteiger charge is -2.21. The van der Waals surface area contributed by atoms with Gasteiger partial charge in [-0.05, 0) is 38.9 Å². The second-order valence-electron chi connectivity index (χ2n) is 7.14. The molecule has 1 heterocycles. The quantitative estimate of drug-likeness (QED) is 0.390. The van der Waals surface area contributed by atoms with E-state index in [2.05, 4.69) is 11.8 Å². The van der Waals surface area contributed by atoms with E-state index in [9.17, 15) is 0 Å². The minimum absolute atomic E-state index is 1.37. The van der Waals surface area contributed by atoms with Crippen LogP contribution in [0.4, 0.5) is 0 Å². The molecule has 0 aromatic carbocycles. The van der Waals surface area contributed by atoms with Gasteiger partial charge in [-0.2, -0.15) is 0 Å². The summed E-state index contributed by atoms with van der Waals surface area (Å²) >= 11 is 0. The van der Waals surface area contributed by atoms with Gasteiger partial charge in [0.25, 0.3) is 0 Å². The van der Waals surface area contributed by atoms with Gasteiger partial charge >= 0.3 is 0 Å². The number of hydrogen-bond acceptors (Lipinski definition) is 1. The van der Waals surface area contributed by atoms with Gasteiger partial charge in [0.2, 0.25) is 0 Å². The van der Waals surface area contributed by atoms with Crippen LogP contribution >= 0.6 is 0 Å². The van der Waals surface area contributed by atoms with Crippen LogP contribution in [-0.2, 0) is 0 Å². The Morgan fingerprint density at radius 2 is 0.952 bits per heavy atom. The molecule has 1 fully saturated rings. The van der Waals surface area contributed by atoms with E-state index in [4.69, 9.17) is 0 Å². The van der Waals surface area contributed by atoms with Gasteiger partial charge in [0, 0.05) is 0 Å². The largest absolute Gasteiger partial charge is 0.303 e. The van der Waals surface area contributed by atoms with Gasteiger partial charge in [0.05, 0.1) is 0 Å². The molecule has 1 aliphatic heterocycles. The second kappa shape index (κ2) is 14.9. The van der Waals surface area contributed by atoms with E-state index in [0.29, 0.717) is 0 Å². The molecule has 1 rings (SSSR count). The molecule has 1 heteroatoms. The molecule has 0 atom stereocenters. The maximum Gasteiger partial charge on any atom is -0.00187 e. The number of nitrogens with zero attached hydrogens (tertiary/aromatic N) is 1. The standard InChI is InChI=1S/C20H41N/c1-2-3-4-5-6-7-8-9-12-15-18-21-19-16-13-10-11-14-17-20-21/h2-20H2,1H3. The Balaban J connectivity index is 1.86. The van der Waals surface area contributed by atoms with Gasteiger partial charge in [-0.1, -0.05) is 90.4 Å². The lowest BCUT2D eigenvalue weighted by molar-refractivity contribution is 0.262. The van der Waals surface area contributed by atoms with Crippen LogP contribution in [0, 0.1) is 0 Å². The Labute approximate surface area is 134 Å². The molecular weight excluding hydrogens is 254 g/mol. The molecule has 21 heavy (non-hydrogen) atoms. The molecule has 0 spiro atoms. The van der Waals surface area contributed by atoms with Crippen molar-refractivity contribution in [1.82, 2.24) is 4.90 Å². The Morgan fingerprint density at radius 1 is 0.524 bits per heavy atom. The topological polar surface area (TPSA) is 3.24 Å². The summed E-state index contributed by atoms with van der Waals surface area (Å²) in [5.74, 6) is 0. The van der Waals surface area contributed by atoms with Crippen LogP contribution < -0.4 is 0 Å². The van der Waals surface area contributed by atoms with Gasteiger partial charge < -0.3 is 4.90 Å². The summed E-state index contributed by atoms with van der Waals surface area (Å²) in [6.45, 7) is 6.42. The minimum Gasteiger partial charge on any atom is -0.303 e. The summed E-state index contributed by atoms with van der Waals surface area (Å²) in [6.07, 6.45) is 23.3. The van der Waals surface area contributed by atoms with E-state index < -0.39 is 0 Å². The van der Waals surface area contributed by atoms with Crippen molar-refractivity contribution in [3.63, 3.8) is 0 Å². The van der Waals surface area contributed by atoms with Crippen molar-refractivity contribution in [3.8, 4) is 0 Å². The van der Waals surface area contributed by atoms with Crippen LogP contribution in [0.25, 0.3) is 0 Å². The third kappa shape index (κ3) is 12.2. The third-order valence-electron chi connectivity index (χ3n) is 5.03. The molecule has 0 aliphatic carbocycles. The summed E-state index contributed by atoms with van der Waals surface area (Å²) in [4.78, 5) is 2.75. The molecule has 1 nitrogen and oxygen atoms in total. The lowest BCUT2D eigenvalue weighted by atomic mass is 10.1. The van der Waals surface area contributed by atoms with Crippen LogP contribution in [-0.4, -0.2) is 24.5 Å². The van der Waals surface area contributed by atoms with Crippen molar-refractivity contribution in [2.24, 2.45) is 0 Å². The Hall–Kier alpha value is -0.0400. The molecule has 0 bridgehead atoms. The first-order chi connectivity index (χ1) is 10.4. The number of unbranched alkanes of at least 4 members (excludes halogenated alkanes) is 9. The van der Waals surface area contributed by atoms with Crippen molar-refractivity contribution in [1.29, 1.82) is 0 Å². The molecule has 0 amide bonds. The van der Waals surface area contributed by atoms with E-state index in [0.717, 1.165) is 0 Å². The van der Waals surface area contributed by atoms with Crippen LogP contribution in [0.2, 0.25) is 0 Å². The summed E-state index contributed by atoms with van der Waals surface area (Å²) in [7, 11) is 0. The molecule has 0 N–H and O–H groups in total. The molecule has 1 saturated heterocycles. The zero-order chi connectivity index (χ0) is 15.0. The van der Waals surface area contributed by atoms with Crippen molar-refractivity contribution >= 4 is 0 Å². The van der Waals surface area contributed by atoms with Crippen molar-refractivity contribution in [3.05, 3.63) is 0 Å². The predicted molar refractivity (Wildman–Crippen MR) is 96.0 cm³/mol. The summed E-state index contributed by atoms with van der Waals surface area (Å²) in [5.41, 5.74) is 0. The molecule has 0 radical (unpaired) electrons. The Kier molecular flexibility index (Phi) is 13.5. The fourth-order valence-corrected chi connectivity index (χ4v) is 3.54. The van der Waals surface area contributed by atoms with Gasteiger partial charge in [-0.15, -0.1) is 0 Å². The Morgan fingerprint density at radius 3 is 1.48 bits per heavy atom. The van der Waals surface area contributed by atoms with Gasteiger partial charge in [0.15, 0.2) is 0 Å². The summed E-state index contributed by atoms with van der Waals surface area (Å²) < 4.78 is 0. The fraction of sp³-hybridized carbons (Fsp3) is 1.00. The normalized spacial score (nSPS) is 18.1. The van der Waals surface area contributed by atoms with Gasteiger partial charge in [-0.25, -0.2) is 0 Å². The third-order valence-corrected chi connectivity index (χ3v) is 5.03. The average molecular weight is 296 g/mol. The highest BCUT2D eigenvalue weighted by Crippen LogP contribution is 2.13. The molecule has 0 unspecified atom stereocenters. The zero-order valence-electron chi connectivity index (χ0n) is 14.9. The fourth-order valence-electron chi connectivity index (χ4n) is 3.54. The summed E-state index contributed by atoms with van der Waals surface area (Å²) in [5, 5.41) is 0. The monoisotopic (exact) mass is 295 g/mol. The van der Waals surface area contributed by atoms with Crippen LogP contribution in [0.3, 0.4) is 0 Å². The van der Waals surface area contributed by atoms with Gasteiger partial charge in [0.1, 0.15) is 0 Å².